The molecule has 1 N–H and O–H groups in total. The van der Waals surface area contributed by atoms with Crippen LogP contribution in [0.4, 0.5) is 10.1 Å². The van der Waals surface area contributed by atoms with E-state index in [1.54, 1.807) is 5.38 Å². The van der Waals surface area contributed by atoms with Crippen LogP contribution in [0.25, 0.3) is 11.4 Å². The van der Waals surface area contributed by atoms with Crippen LogP contribution in [0.15, 0.2) is 44.4 Å². The minimum atomic E-state index is -3.80. The Bertz CT molecular complexity index is 1010. The summed E-state index contributed by atoms with van der Waals surface area (Å²) in [7, 11) is -3.80. The molecule has 1 aliphatic carbocycles. The van der Waals surface area contributed by atoms with Crippen molar-refractivity contribution in [3.8, 4) is 11.4 Å². The summed E-state index contributed by atoms with van der Waals surface area (Å²) in [5.41, 5.74) is 0.751. The van der Waals surface area contributed by atoms with Crippen molar-refractivity contribution < 1.29 is 17.3 Å². The van der Waals surface area contributed by atoms with Crippen LogP contribution in [-0.4, -0.2) is 18.6 Å². The Balaban J connectivity index is 1.56. The number of anilines is 1. The fraction of sp³-hybridized carbons (Fsp3) is 0.250. The Hall–Kier alpha value is -2.26. The molecule has 0 unspecified atom stereocenters. The van der Waals surface area contributed by atoms with Gasteiger partial charge in [-0.25, -0.2) is 12.8 Å². The summed E-state index contributed by atoms with van der Waals surface area (Å²) >= 11 is 1.05. The number of hydrogen-bond donors (Lipinski definition) is 1. The lowest BCUT2D eigenvalue weighted by Gasteiger charge is -2.20. The number of nitrogens with one attached hydrogen (secondary N) is 1. The second kappa shape index (κ2) is 6.23. The van der Waals surface area contributed by atoms with Gasteiger partial charge in [-0.3, -0.25) is 4.72 Å². The fourth-order valence-electron chi connectivity index (χ4n) is 2.51. The lowest BCUT2D eigenvalue weighted by molar-refractivity contribution is 0.292. The number of benzene rings is 1. The third-order valence-corrected chi connectivity index (χ3v) is 6.89. The molecule has 0 amide bonds. The highest BCUT2D eigenvalue weighted by atomic mass is 32.2. The molecule has 9 heteroatoms. The third-order valence-electron chi connectivity index (χ3n) is 4.07. The zero-order valence-electron chi connectivity index (χ0n) is 13.0. The summed E-state index contributed by atoms with van der Waals surface area (Å²) < 4.78 is 45.8. The first-order chi connectivity index (χ1) is 12.0. The molecule has 1 saturated carbocycles. The second-order valence-electron chi connectivity index (χ2n) is 5.85. The maximum atomic E-state index is 13.2. The lowest BCUT2D eigenvalue weighted by atomic mass is 9.85. The number of aromatic nitrogens is 2. The van der Waals surface area contributed by atoms with Crippen LogP contribution in [0.1, 0.15) is 31.1 Å². The molecular formula is C16H14FN3O3S2. The maximum absolute atomic E-state index is 13.2. The molecule has 130 valence electrons. The van der Waals surface area contributed by atoms with E-state index in [0.717, 1.165) is 36.7 Å². The molecule has 1 fully saturated rings. The molecule has 6 nitrogen and oxygen atoms in total. The van der Waals surface area contributed by atoms with Crippen LogP contribution in [0, 0.1) is 5.82 Å². The molecular weight excluding hydrogens is 365 g/mol. The Morgan fingerprint density at radius 2 is 2.12 bits per heavy atom. The van der Waals surface area contributed by atoms with Crippen LogP contribution < -0.4 is 4.72 Å². The van der Waals surface area contributed by atoms with Crippen molar-refractivity contribution in [1.29, 1.82) is 0 Å². The Kier molecular flexibility index (Phi) is 4.04. The highest BCUT2D eigenvalue weighted by molar-refractivity contribution is 7.94. The first kappa shape index (κ1) is 16.2. The zero-order chi connectivity index (χ0) is 17.4. The highest BCUT2D eigenvalue weighted by Crippen LogP contribution is 2.36. The van der Waals surface area contributed by atoms with E-state index in [0.29, 0.717) is 23.2 Å². The topological polar surface area (TPSA) is 85.1 Å². The van der Waals surface area contributed by atoms with Crippen LogP contribution >= 0.6 is 11.3 Å². The van der Waals surface area contributed by atoms with Crippen molar-refractivity contribution in [1.82, 2.24) is 10.1 Å². The number of sulfonamides is 1. The van der Waals surface area contributed by atoms with Crippen molar-refractivity contribution in [3.63, 3.8) is 0 Å². The first-order valence-electron chi connectivity index (χ1n) is 7.72. The Morgan fingerprint density at radius 3 is 2.84 bits per heavy atom. The standard InChI is InChI=1S/C16H14FN3O3S2/c17-12-5-2-6-13(8-12)20-25(21,22)14-7-11(9-24-14)15-18-16(23-19-15)10-3-1-4-10/h2,5-10,20H,1,3-4H2. The van der Waals surface area contributed by atoms with E-state index in [9.17, 15) is 12.8 Å². The molecule has 4 rings (SSSR count). The minimum Gasteiger partial charge on any atom is -0.339 e. The van der Waals surface area contributed by atoms with Crippen molar-refractivity contribution in [3.05, 3.63) is 47.4 Å². The van der Waals surface area contributed by atoms with Gasteiger partial charge in [0, 0.05) is 16.9 Å². The van der Waals surface area contributed by atoms with Gasteiger partial charge >= 0.3 is 0 Å². The average molecular weight is 379 g/mol. The van der Waals surface area contributed by atoms with E-state index in [4.69, 9.17) is 4.52 Å². The molecule has 0 radical (unpaired) electrons. The monoisotopic (exact) mass is 379 g/mol. The van der Waals surface area contributed by atoms with Crippen LogP contribution in [0.2, 0.25) is 0 Å². The molecule has 0 atom stereocenters. The summed E-state index contributed by atoms with van der Waals surface area (Å²) in [4.78, 5) is 4.36. The largest absolute Gasteiger partial charge is 0.339 e. The Labute approximate surface area is 147 Å². The van der Waals surface area contributed by atoms with Crippen molar-refractivity contribution in [2.45, 2.75) is 29.4 Å². The third kappa shape index (κ3) is 3.29. The number of thiophene rings is 1. The minimum absolute atomic E-state index is 0.0988. The summed E-state index contributed by atoms with van der Waals surface area (Å²) in [6.07, 6.45) is 3.25. The van der Waals surface area contributed by atoms with Crippen molar-refractivity contribution >= 4 is 27.0 Å². The van der Waals surface area contributed by atoms with E-state index in [1.807, 2.05) is 0 Å². The SMILES string of the molecule is O=S(=O)(Nc1cccc(F)c1)c1cc(-c2noc(C3CCC3)n2)cs1. The predicted molar refractivity (Wildman–Crippen MR) is 91.4 cm³/mol. The van der Waals surface area contributed by atoms with Crippen LogP contribution in [-0.2, 0) is 10.0 Å². The molecule has 0 spiro atoms. The van der Waals surface area contributed by atoms with Gasteiger partial charge in [-0.15, -0.1) is 11.3 Å². The van der Waals surface area contributed by atoms with E-state index >= 15 is 0 Å². The number of nitrogens with zero attached hydrogens (tertiary/aromatic N) is 2. The molecule has 0 saturated heterocycles. The molecule has 2 heterocycles. The van der Waals surface area contributed by atoms with E-state index in [-0.39, 0.29) is 9.90 Å². The average Bonchev–Trinajstić information content (AvgIpc) is 3.13. The summed E-state index contributed by atoms with van der Waals surface area (Å²) in [6.45, 7) is 0. The van der Waals surface area contributed by atoms with Crippen LogP contribution in [0.5, 0.6) is 0 Å². The van der Waals surface area contributed by atoms with Gasteiger partial charge in [-0.05, 0) is 37.1 Å². The molecule has 0 bridgehead atoms. The van der Waals surface area contributed by atoms with Crippen molar-refractivity contribution in [2.24, 2.45) is 0 Å². The van der Waals surface area contributed by atoms with Gasteiger partial charge in [0.1, 0.15) is 10.0 Å². The zero-order valence-corrected chi connectivity index (χ0v) is 14.6. The molecule has 25 heavy (non-hydrogen) atoms. The maximum Gasteiger partial charge on any atom is 0.271 e. The summed E-state index contributed by atoms with van der Waals surface area (Å²) in [5.74, 6) is 0.792. The molecule has 1 aromatic carbocycles. The van der Waals surface area contributed by atoms with Gasteiger partial charge in [0.25, 0.3) is 10.0 Å². The smallest absolute Gasteiger partial charge is 0.271 e. The van der Waals surface area contributed by atoms with E-state index < -0.39 is 15.8 Å². The predicted octanol–water partition coefficient (Wildman–Crippen LogP) is 4.01. The van der Waals surface area contributed by atoms with Gasteiger partial charge in [-0.1, -0.05) is 17.6 Å². The Morgan fingerprint density at radius 1 is 1.28 bits per heavy atom. The van der Waals surface area contributed by atoms with E-state index in [1.165, 1.54) is 24.3 Å². The normalized spacial score (nSPS) is 15.1. The quantitative estimate of drug-likeness (QED) is 0.724. The first-order valence-corrected chi connectivity index (χ1v) is 10.1. The molecule has 3 aromatic rings. The summed E-state index contributed by atoms with van der Waals surface area (Å²) in [5, 5.41) is 5.60. The number of halogens is 1. The number of hydrogen-bond acceptors (Lipinski definition) is 6. The van der Waals surface area contributed by atoms with Crippen LogP contribution in [0.3, 0.4) is 0 Å². The molecule has 2 aromatic heterocycles. The van der Waals surface area contributed by atoms with Gasteiger partial charge in [-0.2, -0.15) is 4.98 Å². The fourth-order valence-corrected chi connectivity index (χ4v) is 4.71. The second-order valence-corrected chi connectivity index (χ2v) is 8.67. The van der Waals surface area contributed by atoms with Gasteiger partial charge < -0.3 is 4.52 Å². The molecule has 0 aliphatic heterocycles. The van der Waals surface area contributed by atoms with Gasteiger partial charge in [0.15, 0.2) is 0 Å². The lowest BCUT2D eigenvalue weighted by Crippen LogP contribution is -2.11. The van der Waals surface area contributed by atoms with Gasteiger partial charge in [0.05, 0.1) is 5.69 Å². The van der Waals surface area contributed by atoms with E-state index in [2.05, 4.69) is 14.9 Å². The molecule has 1 aliphatic rings. The van der Waals surface area contributed by atoms with Crippen molar-refractivity contribution in [2.75, 3.05) is 4.72 Å². The van der Waals surface area contributed by atoms with Gasteiger partial charge in [0.2, 0.25) is 11.7 Å². The summed E-state index contributed by atoms with van der Waals surface area (Å²) in [6, 6.07) is 6.78. The number of rotatable bonds is 5. The highest BCUT2D eigenvalue weighted by Gasteiger charge is 2.26.